The number of hydrogen-bond acceptors (Lipinski definition) is 7. The fourth-order valence-electron chi connectivity index (χ4n) is 2.92. The van der Waals surface area contributed by atoms with Crippen LogP contribution >= 0.6 is 27.5 Å². The largest absolute Gasteiger partial charge is 0.506 e. The van der Waals surface area contributed by atoms with Crippen molar-refractivity contribution in [3.63, 3.8) is 0 Å². The number of aliphatic hydroxyl groups excluding tert-OH is 3. The molecule has 132 valence electrons. The topological polar surface area (TPSA) is 136 Å². The third-order valence-corrected chi connectivity index (χ3v) is 5.29. The third kappa shape index (κ3) is 2.28. The van der Waals surface area contributed by atoms with Crippen LogP contribution in [-0.2, 0) is 10.5 Å². The predicted molar refractivity (Wildman–Crippen MR) is 86.4 cm³/mol. The van der Waals surface area contributed by atoms with Crippen LogP contribution in [0.4, 0.5) is 0 Å². The molecule has 2 aromatic rings. The Balaban J connectivity index is 2.28. The van der Waals surface area contributed by atoms with E-state index in [1.54, 1.807) is 18.2 Å². The van der Waals surface area contributed by atoms with Crippen LogP contribution in [0, 0.1) is 0 Å². The highest BCUT2D eigenvalue weighted by Gasteiger charge is 2.67. The summed E-state index contributed by atoms with van der Waals surface area (Å²) in [6, 6.07) is 6.33. The van der Waals surface area contributed by atoms with Crippen LogP contribution in [-0.4, -0.2) is 63.8 Å². The van der Waals surface area contributed by atoms with Crippen molar-refractivity contribution in [2.75, 3.05) is 6.61 Å². The van der Waals surface area contributed by atoms with E-state index in [4.69, 9.17) is 16.3 Å². The number of aromatic hydroxyl groups is 1. The predicted octanol–water partition coefficient (Wildman–Crippen LogP) is -0.288. The summed E-state index contributed by atoms with van der Waals surface area (Å²) in [5, 5.41) is 59.1. The molecular weight excluding hydrogens is 410 g/mol. The first-order chi connectivity index (χ1) is 11.1. The van der Waals surface area contributed by atoms with E-state index in [2.05, 4.69) is 15.9 Å². The van der Waals surface area contributed by atoms with Gasteiger partial charge in [0.15, 0.2) is 10.6 Å². The first kappa shape index (κ1) is 17.9. The number of nitrogens with zero attached hydrogens (tertiary/aromatic N) is 1. The molecule has 24 heavy (non-hydrogen) atoms. The van der Waals surface area contributed by atoms with Gasteiger partial charge in [0.05, 0.1) is 12.1 Å². The molecule has 1 aliphatic heterocycles. The number of benzene rings is 1. The molecule has 10 heteroatoms. The fourth-order valence-corrected chi connectivity index (χ4v) is 3.89. The Kier molecular flexibility index (Phi) is 4.14. The van der Waals surface area contributed by atoms with Crippen molar-refractivity contribution in [3.05, 3.63) is 30.5 Å². The van der Waals surface area contributed by atoms with Crippen molar-refractivity contribution in [2.45, 2.75) is 27.7 Å². The molecule has 8 nitrogen and oxygen atoms in total. The highest BCUT2D eigenvalue weighted by molar-refractivity contribution is 9.10. The molecule has 0 bridgehead atoms. The molecule has 1 aromatic carbocycles. The number of rotatable bonds is 2. The van der Waals surface area contributed by atoms with Gasteiger partial charge in [-0.25, -0.2) is 0 Å². The minimum atomic E-state index is -2.83. The molecule has 2 heterocycles. The molecule has 1 fully saturated rings. The first-order valence-electron chi connectivity index (χ1n) is 6.87. The molecule has 1 aliphatic rings. The maximum absolute atomic E-state index is 11.1. The highest BCUT2D eigenvalue weighted by atomic mass is 79.9. The summed E-state index contributed by atoms with van der Waals surface area (Å²) in [6.45, 7) is -0.886. The van der Waals surface area contributed by atoms with Gasteiger partial charge in [-0.3, -0.25) is 0 Å². The van der Waals surface area contributed by atoms with E-state index in [-0.39, 0.29) is 11.3 Å². The zero-order valence-corrected chi connectivity index (χ0v) is 14.4. The Labute approximate surface area is 149 Å². The molecule has 0 saturated carbocycles. The Morgan fingerprint density at radius 1 is 1.21 bits per heavy atom. The average Bonchev–Trinajstić information content (AvgIpc) is 2.89. The van der Waals surface area contributed by atoms with Crippen molar-refractivity contribution in [1.29, 1.82) is 0 Å². The van der Waals surface area contributed by atoms with Crippen LogP contribution in [0.2, 0.25) is 0 Å². The maximum atomic E-state index is 11.1. The Bertz CT molecular complexity index is 784. The first-order valence-corrected chi connectivity index (χ1v) is 8.04. The molecule has 0 amide bonds. The van der Waals surface area contributed by atoms with Gasteiger partial charge >= 0.3 is 0 Å². The van der Waals surface area contributed by atoms with Gasteiger partial charge in [-0.15, -0.1) is 0 Å². The lowest BCUT2D eigenvalue weighted by Gasteiger charge is -2.53. The molecule has 1 saturated heterocycles. The lowest BCUT2D eigenvalue weighted by molar-refractivity contribution is -0.372. The minimum Gasteiger partial charge on any atom is -0.506 e. The van der Waals surface area contributed by atoms with Crippen molar-refractivity contribution in [3.8, 4) is 5.75 Å². The van der Waals surface area contributed by atoms with Crippen molar-refractivity contribution < 1.29 is 35.4 Å². The van der Waals surface area contributed by atoms with E-state index >= 15 is 0 Å². The SMILES string of the molecule is OC[C@@]1(Br)O[C@@](O)(Cl)[C@H](O)[C@](O)(n2cc(O)c3ccccc32)[C@H]1O. The molecule has 0 aliphatic carbocycles. The second kappa shape index (κ2) is 5.55. The Morgan fingerprint density at radius 3 is 2.46 bits per heavy atom. The minimum absolute atomic E-state index is 0.229. The maximum Gasteiger partial charge on any atom is 0.279 e. The van der Waals surface area contributed by atoms with Crippen molar-refractivity contribution in [1.82, 2.24) is 4.57 Å². The number of fused-ring (bicyclic) bond motifs is 1. The van der Waals surface area contributed by atoms with E-state index in [1.807, 2.05) is 0 Å². The lowest BCUT2D eigenvalue weighted by Crippen LogP contribution is -2.73. The number of aromatic nitrogens is 1. The fraction of sp³-hybridized carbons (Fsp3) is 0.429. The van der Waals surface area contributed by atoms with E-state index in [9.17, 15) is 30.6 Å². The van der Waals surface area contributed by atoms with Gasteiger partial charge in [-0.1, -0.05) is 23.7 Å². The molecule has 5 atom stereocenters. The number of aliphatic hydroxyl groups is 5. The van der Waals surface area contributed by atoms with Gasteiger partial charge in [0.1, 0.15) is 11.9 Å². The highest BCUT2D eigenvalue weighted by Crippen LogP contribution is 2.49. The van der Waals surface area contributed by atoms with Gasteiger partial charge in [0, 0.05) is 11.6 Å². The van der Waals surface area contributed by atoms with Crippen molar-refractivity contribution in [2.24, 2.45) is 0 Å². The molecule has 0 unspecified atom stereocenters. The van der Waals surface area contributed by atoms with Crippen molar-refractivity contribution >= 4 is 38.4 Å². The lowest BCUT2D eigenvalue weighted by atomic mass is 9.91. The summed E-state index contributed by atoms with van der Waals surface area (Å²) in [4.78, 5) is 0. The van der Waals surface area contributed by atoms with Crippen LogP contribution < -0.4 is 0 Å². The summed E-state index contributed by atoms with van der Waals surface area (Å²) < 4.78 is 3.82. The molecule has 0 radical (unpaired) electrons. The van der Waals surface area contributed by atoms with Gasteiger partial charge < -0.3 is 39.9 Å². The Morgan fingerprint density at radius 2 is 1.83 bits per heavy atom. The second-order valence-electron chi connectivity index (χ2n) is 5.65. The summed E-state index contributed by atoms with van der Waals surface area (Å²) >= 11 is 8.63. The number of alkyl halides is 2. The number of hydrogen-bond donors (Lipinski definition) is 6. The van der Waals surface area contributed by atoms with Crippen LogP contribution in [0.15, 0.2) is 30.5 Å². The van der Waals surface area contributed by atoms with Gasteiger partial charge in [0.25, 0.3) is 5.25 Å². The van der Waals surface area contributed by atoms with Crippen LogP contribution in [0.1, 0.15) is 0 Å². The molecule has 1 aromatic heterocycles. The average molecular weight is 425 g/mol. The van der Waals surface area contributed by atoms with E-state index in [0.29, 0.717) is 5.39 Å². The van der Waals surface area contributed by atoms with E-state index in [1.165, 1.54) is 6.07 Å². The zero-order valence-electron chi connectivity index (χ0n) is 12.0. The quantitative estimate of drug-likeness (QED) is 0.365. The van der Waals surface area contributed by atoms with Gasteiger partial charge in [-0.05, 0) is 28.1 Å². The summed E-state index contributed by atoms with van der Waals surface area (Å²) in [7, 11) is 0. The summed E-state index contributed by atoms with van der Waals surface area (Å²) in [5.74, 6) is -0.229. The van der Waals surface area contributed by atoms with Crippen LogP contribution in [0.5, 0.6) is 5.75 Å². The number of para-hydroxylation sites is 1. The standard InChI is InChI=1S/C14H15BrClNO7/c15-12(6-18)10(20)13(22,11(21)14(16,23)24-12)17-5-9(19)7-3-1-2-4-8(7)17/h1-5,10-11,18-23H,6H2/t10-,11+,12+,13-,14+/m0/s1. The molecule has 3 rings (SSSR count). The summed E-state index contributed by atoms with van der Waals surface area (Å²) in [6.07, 6.45) is -3.13. The smallest absolute Gasteiger partial charge is 0.279 e. The van der Waals surface area contributed by atoms with Crippen LogP contribution in [0.25, 0.3) is 10.9 Å². The monoisotopic (exact) mass is 423 g/mol. The zero-order chi connectivity index (χ0) is 17.9. The normalized spacial score (nSPS) is 40.1. The molecule has 6 N–H and O–H groups in total. The third-order valence-electron chi connectivity index (χ3n) is 4.16. The second-order valence-corrected chi connectivity index (χ2v) is 7.53. The molecular formula is C14H15BrClNO7. The van der Waals surface area contributed by atoms with Gasteiger partial charge in [0.2, 0.25) is 5.72 Å². The van der Waals surface area contributed by atoms with Crippen LogP contribution in [0.3, 0.4) is 0 Å². The number of ether oxygens (including phenoxy) is 1. The molecule has 0 spiro atoms. The summed E-state index contributed by atoms with van der Waals surface area (Å²) in [5.41, 5.74) is -2.39. The van der Waals surface area contributed by atoms with Gasteiger partial charge in [-0.2, -0.15) is 0 Å². The van der Waals surface area contributed by atoms with E-state index < -0.39 is 34.3 Å². The van der Waals surface area contributed by atoms with E-state index in [0.717, 1.165) is 10.8 Å². The Hall–Kier alpha value is -0.910. The number of halogens is 2.